The molecular weight excluding hydrogens is 280 g/mol. The van der Waals surface area contributed by atoms with Gasteiger partial charge in [-0.25, -0.2) is 0 Å². The van der Waals surface area contributed by atoms with E-state index in [4.69, 9.17) is 0 Å². The number of carbonyl (C=O) groups excluding carboxylic acids is 1. The van der Waals surface area contributed by atoms with Crippen LogP contribution in [-0.4, -0.2) is 30.9 Å². The van der Waals surface area contributed by atoms with Crippen LogP contribution in [0, 0.1) is 12.8 Å². The number of nitrogens with one attached hydrogen (secondary N) is 2. The van der Waals surface area contributed by atoms with Crippen molar-refractivity contribution in [1.29, 1.82) is 0 Å². The van der Waals surface area contributed by atoms with Crippen molar-refractivity contribution in [2.24, 2.45) is 5.92 Å². The molecule has 1 amide bonds. The van der Waals surface area contributed by atoms with Gasteiger partial charge in [0.2, 0.25) is 0 Å². The van der Waals surface area contributed by atoms with Gasteiger partial charge in [0.15, 0.2) is 5.82 Å². The average molecular weight is 296 g/mol. The summed E-state index contributed by atoms with van der Waals surface area (Å²) in [7, 11) is 0. The molecular formula is C15H16N6O. The van der Waals surface area contributed by atoms with E-state index in [9.17, 15) is 4.79 Å². The summed E-state index contributed by atoms with van der Waals surface area (Å²) in [4.78, 5) is 12.5. The first-order valence-electron chi connectivity index (χ1n) is 7.33. The number of nitrogens with zero attached hydrogens (tertiary/aromatic N) is 4. The van der Waals surface area contributed by atoms with Crippen LogP contribution in [-0.2, 0) is 0 Å². The van der Waals surface area contributed by atoms with E-state index in [2.05, 4.69) is 32.0 Å². The molecule has 1 aliphatic carbocycles. The van der Waals surface area contributed by atoms with E-state index in [0.717, 1.165) is 18.4 Å². The van der Waals surface area contributed by atoms with Crippen LogP contribution in [0.15, 0.2) is 30.6 Å². The summed E-state index contributed by atoms with van der Waals surface area (Å²) < 4.78 is 1.96. The molecule has 1 unspecified atom stereocenters. The molecule has 0 saturated heterocycles. The maximum Gasteiger partial charge on any atom is 0.253 e. The maximum atomic E-state index is 12.5. The molecule has 0 bridgehead atoms. The fourth-order valence-electron chi connectivity index (χ4n) is 2.74. The molecule has 1 saturated carbocycles. The average Bonchev–Trinajstić information content (AvgIpc) is 3.06. The third kappa shape index (κ3) is 2.34. The van der Waals surface area contributed by atoms with Gasteiger partial charge in [0.1, 0.15) is 0 Å². The number of fused-ring (bicyclic) bond motifs is 1. The molecule has 4 rings (SSSR count). The van der Waals surface area contributed by atoms with E-state index in [1.807, 2.05) is 35.9 Å². The fraction of sp³-hybridized carbons (Fsp3) is 0.333. The first kappa shape index (κ1) is 13.0. The Balaban J connectivity index is 1.59. The van der Waals surface area contributed by atoms with Crippen LogP contribution in [0.5, 0.6) is 0 Å². The zero-order valence-corrected chi connectivity index (χ0v) is 12.2. The van der Waals surface area contributed by atoms with Gasteiger partial charge >= 0.3 is 0 Å². The fourth-order valence-corrected chi connectivity index (χ4v) is 2.74. The van der Waals surface area contributed by atoms with Gasteiger partial charge in [0.05, 0.1) is 11.6 Å². The number of pyridine rings is 1. The van der Waals surface area contributed by atoms with Gasteiger partial charge in [0, 0.05) is 17.9 Å². The lowest BCUT2D eigenvalue weighted by molar-refractivity contribution is 0.0929. The Labute approximate surface area is 126 Å². The summed E-state index contributed by atoms with van der Waals surface area (Å²) in [5.74, 6) is 0.836. The summed E-state index contributed by atoms with van der Waals surface area (Å²) in [6.07, 6.45) is 6.01. The van der Waals surface area contributed by atoms with Gasteiger partial charge in [-0.15, -0.1) is 10.2 Å². The summed E-state index contributed by atoms with van der Waals surface area (Å²) in [5, 5.41) is 17.1. The minimum Gasteiger partial charge on any atom is -0.342 e. The minimum atomic E-state index is -0.173. The van der Waals surface area contributed by atoms with Crippen LogP contribution < -0.4 is 5.32 Å². The van der Waals surface area contributed by atoms with Crippen LogP contribution in [0.2, 0.25) is 0 Å². The first-order valence-corrected chi connectivity index (χ1v) is 7.33. The van der Waals surface area contributed by atoms with Crippen molar-refractivity contribution >= 4 is 11.4 Å². The normalized spacial score (nSPS) is 15.9. The van der Waals surface area contributed by atoms with Crippen LogP contribution in [0.4, 0.5) is 0 Å². The molecule has 0 aromatic carbocycles. The van der Waals surface area contributed by atoms with E-state index < -0.39 is 0 Å². The van der Waals surface area contributed by atoms with Crippen molar-refractivity contribution in [2.75, 3.05) is 0 Å². The standard InChI is InChI=1S/C15H16N6O/c1-9-6-12-5-4-11(8-21(12)7-9)15(22)16-13(10-2-3-10)14-17-19-20-18-14/h4-8,10,13H,2-3H2,1H3,(H,16,22)(H,17,18,19,20). The highest BCUT2D eigenvalue weighted by atomic mass is 16.1. The van der Waals surface area contributed by atoms with E-state index in [-0.39, 0.29) is 11.9 Å². The molecule has 1 fully saturated rings. The molecule has 7 nitrogen and oxygen atoms in total. The van der Waals surface area contributed by atoms with E-state index >= 15 is 0 Å². The zero-order chi connectivity index (χ0) is 15.1. The number of rotatable bonds is 4. The number of carbonyl (C=O) groups is 1. The summed E-state index contributed by atoms with van der Waals surface area (Å²) in [6.45, 7) is 2.03. The molecule has 3 aromatic heterocycles. The quantitative estimate of drug-likeness (QED) is 0.766. The SMILES string of the molecule is Cc1cc2ccc(C(=O)NC(c3nn[nH]n3)C3CC3)cn2c1. The molecule has 22 heavy (non-hydrogen) atoms. The smallest absolute Gasteiger partial charge is 0.253 e. The predicted molar refractivity (Wildman–Crippen MR) is 79.2 cm³/mol. The molecule has 1 atom stereocenters. The van der Waals surface area contributed by atoms with Gasteiger partial charge in [-0.05, 0) is 49.4 Å². The summed E-state index contributed by atoms with van der Waals surface area (Å²) in [5.41, 5.74) is 2.86. The first-order chi connectivity index (χ1) is 10.7. The number of H-pyrrole nitrogens is 1. The van der Waals surface area contributed by atoms with Crippen LogP contribution in [0.25, 0.3) is 5.52 Å². The predicted octanol–water partition coefficient (Wildman–Crippen LogP) is 1.64. The number of aromatic nitrogens is 5. The molecule has 3 aromatic rings. The van der Waals surface area contributed by atoms with Crippen molar-refractivity contribution in [3.63, 3.8) is 0 Å². The molecule has 0 radical (unpaired) electrons. The maximum absolute atomic E-state index is 12.5. The largest absolute Gasteiger partial charge is 0.342 e. The molecule has 1 aliphatic rings. The number of amides is 1. The number of aromatic amines is 1. The number of hydrogen-bond acceptors (Lipinski definition) is 4. The van der Waals surface area contributed by atoms with Crippen molar-refractivity contribution < 1.29 is 4.79 Å². The monoisotopic (exact) mass is 296 g/mol. The van der Waals surface area contributed by atoms with Crippen LogP contribution in [0.1, 0.15) is 40.6 Å². The second-order valence-corrected chi connectivity index (χ2v) is 5.83. The Kier molecular flexibility index (Phi) is 2.92. The third-order valence-corrected chi connectivity index (χ3v) is 4.01. The lowest BCUT2D eigenvalue weighted by Crippen LogP contribution is -2.30. The van der Waals surface area contributed by atoms with E-state index in [1.54, 1.807) is 0 Å². The topological polar surface area (TPSA) is 88.0 Å². The third-order valence-electron chi connectivity index (χ3n) is 4.01. The Morgan fingerprint density at radius 2 is 2.27 bits per heavy atom. The lowest BCUT2D eigenvalue weighted by Gasteiger charge is -2.14. The second kappa shape index (κ2) is 4.94. The van der Waals surface area contributed by atoms with E-state index in [0.29, 0.717) is 17.3 Å². The minimum absolute atomic E-state index is 0.116. The Morgan fingerprint density at radius 3 is 3.00 bits per heavy atom. The Bertz CT molecular complexity index is 818. The van der Waals surface area contributed by atoms with Gasteiger partial charge in [-0.2, -0.15) is 5.21 Å². The van der Waals surface area contributed by atoms with Crippen LogP contribution in [0.3, 0.4) is 0 Å². The lowest BCUT2D eigenvalue weighted by atomic mass is 10.1. The van der Waals surface area contributed by atoms with Gasteiger partial charge in [0.25, 0.3) is 5.91 Å². The molecule has 2 N–H and O–H groups in total. The molecule has 3 heterocycles. The zero-order valence-electron chi connectivity index (χ0n) is 12.2. The molecule has 0 spiro atoms. The van der Waals surface area contributed by atoms with Crippen molar-refractivity contribution in [2.45, 2.75) is 25.8 Å². The van der Waals surface area contributed by atoms with Crippen molar-refractivity contribution in [3.8, 4) is 0 Å². The van der Waals surface area contributed by atoms with Gasteiger partial charge < -0.3 is 9.72 Å². The number of tetrazole rings is 1. The molecule has 0 aliphatic heterocycles. The Hall–Kier alpha value is -2.70. The summed E-state index contributed by atoms with van der Waals surface area (Å²) >= 11 is 0. The van der Waals surface area contributed by atoms with Crippen molar-refractivity contribution in [3.05, 3.63) is 47.5 Å². The molecule has 112 valence electrons. The van der Waals surface area contributed by atoms with Crippen LogP contribution >= 0.6 is 0 Å². The summed E-state index contributed by atoms with van der Waals surface area (Å²) in [6, 6.07) is 5.69. The number of hydrogen-bond donors (Lipinski definition) is 2. The molecule has 7 heteroatoms. The van der Waals surface area contributed by atoms with Crippen molar-refractivity contribution in [1.82, 2.24) is 30.3 Å². The second-order valence-electron chi connectivity index (χ2n) is 5.83. The van der Waals surface area contributed by atoms with Gasteiger partial charge in [-0.3, -0.25) is 4.79 Å². The van der Waals surface area contributed by atoms with Gasteiger partial charge in [-0.1, -0.05) is 5.21 Å². The highest BCUT2D eigenvalue weighted by Gasteiger charge is 2.36. The number of aryl methyl sites for hydroxylation is 1. The highest BCUT2D eigenvalue weighted by Crippen LogP contribution is 2.39. The highest BCUT2D eigenvalue weighted by molar-refractivity contribution is 5.94. The van der Waals surface area contributed by atoms with E-state index in [1.165, 1.54) is 5.56 Å². The Morgan fingerprint density at radius 1 is 1.41 bits per heavy atom.